The van der Waals surface area contributed by atoms with Gasteiger partial charge in [-0.3, -0.25) is 4.79 Å². The molecule has 2 aromatic heterocycles. The van der Waals surface area contributed by atoms with Gasteiger partial charge < -0.3 is 0 Å². The van der Waals surface area contributed by atoms with Gasteiger partial charge in [0.05, 0.1) is 6.20 Å². The van der Waals surface area contributed by atoms with E-state index in [1.807, 2.05) is 71.5 Å². The summed E-state index contributed by atoms with van der Waals surface area (Å²) in [7, 11) is 0. The van der Waals surface area contributed by atoms with Crippen LogP contribution in [0.4, 0.5) is 0 Å². The van der Waals surface area contributed by atoms with E-state index in [1.165, 1.54) is 0 Å². The number of benzene rings is 3. The molecule has 0 N–H and O–H groups in total. The van der Waals surface area contributed by atoms with E-state index in [1.54, 1.807) is 16.8 Å². The molecule has 0 atom stereocenters. The largest absolute Gasteiger partial charge is 0.306 e. The Hall–Kier alpha value is -4.24. The molecular weight excluding hydrogens is 380 g/mol. The fraction of sp³-hybridized carbons (Fsp3) is 0. The third-order valence-corrected chi connectivity index (χ3v) is 5.31. The van der Waals surface area contributed by atoms with E-state index in [2.05, 4.69) is 48.5 Å². The monoisotopic (exact) mass is 401 g/mol. The Bertz CT molecular complexity index is 1310. The minimum Gasteiger partial charge on any atom is -0.263 e. The summed E-state index contributed by atoms with van der Waals surface area (Å²) < 4.78 is 3.67. The highest BCUT2D eigenvalue weighted by molar-refractivity contribution is 5.73. The van der Waals surface area contributed by atoms with Crippen LogP contribution in [-0.4, -0.2) is 4.68 Å². The first-order valence-corrected chi connectivity index (χ1v) is 10.3. The highest BCUT2D eigenvalue weighted by atomic mass is 16.1. The zero-order chi connectivity index (χ0) is 21.0. The van der Waals surface area contributed by atoms with Crippen molar-refractivity contribution < 1.29 is 4.68 Å². The lowest BCUT2D eigenvalue weighted by atomic mass is 9.99. The smallest absolute Gasteiger partial charge is 0.263 e. The van der Waals surface area contributed by atoms with E-state index >= 15 is 0 Å². The lowest BCUT2D eigenvalue weighted by Crippen LogP contribution is -2.51. The molecule has 0 unspecified atom stereocenters. The number of aromatic nitrogens is 2. The van der Waals surface area contributed by atoms with E-state index in [9.17, 15) is 4.79 Å². The van der Waals surface area contributed by atoms with Crippen molar-refractivity contribution in [2.45, 2.75) is 0 Å². The van der Waals surface area contributed by atoms with Crippen LogP contribution < -0.4 is 10.2 Å². The zero-order valence-electron chi connectivity index (χ0n) is 16.9. The van der Waals surface area contributed by atoms with Crippen LogP contribution in [0.3, 0.4) is 0 Å². The van der Waals surface area contributed by atoms with Gasteiger partial charge in [0.2, 0.25) is 11.4 Å². The third kappa shape index (κ3) is 3.69. The first kappa shape index (κ1) is 18.8. The molecule has 0 spiro atoms. The van der Waals surface area contributed by atoms with E-state index in [4.69, 9.17) is 0 Å². The standard InChI is InChI=1S/C28H21N2O/c31-28-18-10-11-19-29(28)30-26(23-14-6-2-7-15-23)20-25(22-12-4-1-5-13-22)21-27(30)24-16-8-3-9-17-24/h1-21H/q+1. The average Bonchev–Trinajstić information content (AvgIpc) is 2.85. The van der Waals surface area contributed by atoms with E-state index < -0.39 is 0 Å². The molecule has 2 heterocycles. The molecule has 0 bridgehead atoms. The molecule has 5 rings (SSSR count). The maximum Gasteiger partial charge on any atom is 0.306 e. The lowest BCUT2D eigenvalue weighted by Gasteiger charge is -2.12. The number of pyridine rings is 2. The minimum atomic E-state index is -0.0886. The number of hydrogen-bond donors (Lipinski definition) is 0. The Labute approximate surface area is 181 Å². The van der Waals surface area contributed by atoms with Crippen LogP contribution >= 0.6 is 0 Å². The zero-order valence-corrected chi connectivity index (χ0v) is 16.9. The van der Waals surface area contributed by atoms with Gasteiger partial charge in [-0.05, 0) is 41.5 Å². The van der Waals surface area contributed by atoms with Gasteiger partial charge in [-0.1, -0.05) is 82.1 Å². The van der Waals surface area contributed by atoms with Crippen LogP contribution in [-0.2, 0) is 0 Å². The van der Waals surface area contributed by atoms with Crippen molar-refractivity contribution in [2.24, 2.45) is 0 Å². The van der Waals surface area contributed by atoms with Gasteiger partial charge in [0.15, 0.2) is 0 Å². The first-order chi connectivity index (χ1) is 15.3. The number of rotatable bonds is 4. The molecule has 3 nitrogen and oxygen atoms in total. The lowest BCUT2D eigenvalue weighted by molar-refractivity contribution is -0.709. The highest BCUT2D eigenvalue weighted by Gasteiger charge is 2.25. The molecular formula is C28H21N2O+. The van der Waals surface area contributed by atoms with Gasteiger partial charge in [0, 0.05) is 29.3 Å². The fourth-order valence-electron chi connectivity index (χ4n) is 3.83. The van der Waals surface area contributed by atoms with Crippen molar-refractivity contribution in [1.82, 2.24) is 4.68 Å². The molecule has 0 saturated heterocycles. The van der Waals surface area contributed by atoms with Gasteiger partial charge in [-0.2, -0.15) is 0 Å². The van der Waals surface area contributed by atoms with Crippen LogP contribution in [0.5, 0.6) is 0 Å². The summed E-state index contributed by atoms with van der Waals surface area (Å²) >= 11 is 0. The van der Waals surface area contributed by atoms with Crippen molar-refractivity contribution in [3.05, 3.63) is 138 Å². The Balaban J connectivity index is 1.91. The summed E-state index contributed by atoms with van der Waals surface area (Å²) in [5.41, 5.74) is 6.09. The van der Waals surface area contributed by atoms with E-state index in [0.717, 1.165) is 33.6 Å². The highest BCUT2D eigenvalue weighted by Crippen LogP contribution is 2.29. The van der Waals surface area contributed by atoms with Crippen LogP contribution in [0.2, 0.25) is 0 Å². The molecule has 0 aliphatic carbocycles. The molecule has 0 aliphatic rings. The van der Waals surface area contributed by atoms with Gasteiger partial charge in [-0.15, -0.1) is 0 Å². The Kier molecular flexibility index (Phi) is 4.99. The molecule has 3 aromatic carbocycles. The average molecular weight is 401 g/mol. The summed E-state index contributed by atoms with van der Waals surface area (Å²) in [6.45, 7) is 0. The predicted octanol–water partition coefficient (Wildman–Crippen LogP) is 5.45. The first-order valence-electron chi connectivity index (χ1n) is 10.3. The second kappa shape index (κ2) is 8.25. The Morgan fingerprint density at radius 1 is 0.484 bits per heavy atom. The van der Waals surface area contributed by atoms with Crippen LogP contribution in [0.25, 0.3) is 33.6 Å². The van der Waals surface area contributed by atoms with Crippen molar-refractivity contribution >= 4 is 0 Å². The van der Waals surface area contributed by atoms with E-state index in [-0.39, 0.29) is 5.56 Å². The summed E-state index contributed by atoms with van der Waals surface area (Å²) in [5, 5.41) is 0. The molecule has 3 heteroatoms. The van der Waals surface area contributed by atoms with Crippen LogP contribution in [0.1, 0.15) is 0 Å². The molecule has 0 saturated carbocycles. The summed E-state index contributed by atoms with van der Waals surface area (Å²) in [6.07, 6.45) is 1.81. The van der Waals surface area contributed by atoms with Crippen LogP contribution in [0.15, 0.2) is 132 Å². The third-order valence-electron chi connectivity index (χ3n) is 5.31. The van der Waals surface area contributed by atoms with Gasteiger partial charge in [0.25, 0.3) is 0 Å². The molecule has 0 fully saturated rings. The van der Waals surface area contributed by atoms with Gasteiger partial charge in [0.1, 0.15) is 0 Å². The summed E-state index contributed by atoms with van der Waals surface area (Å²) in [4.78, 5) is 12.9. The molecule has 0 aliphatic heterocycles. The maximum atomic E-state index is 12.9. The van der Waals surface area contributed by atoms with Crippen molar-refractivity contribution in [1.29, 1.82) is 0 Å². The summed E-state index contributed by atoms with van der Waals surface area (Å²) in [5.74, 6) is 0. The molecule has 148 valence electrons. The SMILES string of the molecule is O=c1ccccn1-[n+]1c(-c2ccccc2)cc(-c2ccccc2)cc1-c1ccccc1. The summed E-state index contributed by atoms with van der Waals surface area (Å²) in [6, 6.07) is 40.2. The quantitative estimate of drug-likeness (QED) is 0.368. The fourth-order valence-corrected chi connectivity index (χ4v) is 3.83. The van der Waals surface area contributed by atoms with Crippen molar-refractivity contribution in [3.63, 3.8) is 0 Å². The van der Waals surface area contributed by atoms with Gasteiger partial charge in [-0.25, -0.2) is 0 Å². The second-order valence-electron chi connectivity index (χ2n) is 7.31. The van der Waals surface area contributed by atoms with Crippen LogP contribution in [0, 0.1) is 0 Å². The number of nitrogens with zero attached hydrogens (tertiary/aromatic N) is 2. The second-order valence-corrected chi connectivity index (χ2v) is 7.31. The Morgan fingerprint density at radius 3 is 1.42 bits per heavy atom. The molecule has 5 aromatic rings. The van der Waals surface area contributed by atoms with Crippen molar-refractivity contribution in [2.75, 3.05) is 0 Å². The van der Waals surface area contributed by atoms with Gasteiger partial charge >= 0.3 is 5.56 Å². The topological polar surface area (TPSA) is 25.9 Å². The minimum absolute atomic E-state index is 0.0886. The molecule has 31 heavy (non-hydrogen) atoms. The Morgan fingerprint density at radius 2 is 0.935 bits per heavy atom. The number of hydrogen-bond acceptors (Lipinski definition) is 1. The molecule has 0 radical (unpaired) electrons. The molecule has 0 amide bonds. The predicted molar refractivity (Wildman–Crippen MR) is 124 cm³/mol. The van der Waals surface area contributed by atoms with Crippen molar-refractivity contribution in [3.8, 4) is 33.6 Å². The normalized spacial score (nSPS) is 10.7. The van der Waals surface area contributed by atoms with E-state index in [0.29, 0.717) is 0 Å². The maximum absolute atomic E-state index is 12.9.